The molecule has 6 heteroatoms. The van der Waals surface area contributed by atoms with Gasteiger partial charge in [0.15, 0.2) is 18.1 Å². The van der Waals surface area contributed by atoms with Crippen molar-refractivity contribution in [2.24, 2.45) is 5.16 Å². The largest absolute Gasteiger partial charge is 0.493 e. The van der Waals surface area contributed by atoms with E-state index in [0.717, 1.165) is 22.1 Å². The fourth-order valence-electron chi connectivity index (χ4n) is 3.49. The van der Waals surface area contributed by atoms with E-state index in [-0.39, 0.29) is 12.5 Å². The second-order valence-corrected chi connectivity index (χ2v) is 7.76. The van der Waals surface area contributed by atoms with Gasteiger partial charge in [-0.15, -0.1) is 0 Å². The van der Waals surface area contributed by atoms with Crippen molar-refractivity contribution in [1.29, 1.82) is 0 Å². The first-order chi connectivity index (χ1) is 16.6. The van der Waals surface area contributed by atoms with Gasteiger partial charge in [0.05, 0.1) is 13.3 Å². The highest BCUT2D eigenvalue weighted by Crippen LogP contribution is 2.29. The monoisotopic (exact) mass is 454 g/mol. The van der Waals surface area contributed by atoms with E-state index >= 15 is 0 Å². The number of nitrogens with zero attached hydrogens (tertiary/aromatic N) is 1. The quantitative estimate of drug-likeness (QED) is 0.259. The van der Waals surface area contributed by atoms with Gasteiger partial charge in [-0.1, -0.05) is 65.3 Å². The molecule has 0 aliphatic rings. The number of amides is 1. The van der Waals surface area contributed by atoms with Crippen molar-refractivity contribution < 1.29 is 19.1 Å². The van der Waals surface area contributed by atoms with E-state index in [1.807, 2.05) is 61.5 Å². The Morgan fingerprint density at radius 2 is 1.74 bits per heavy atom. The van der Waals surface area contributed by atoms with Crippen LogP contribution in [0.25, 0.3) is 10.8 Å². The maximum atomic E-state index is 12.0. The molecule has 0 fully saturated rings. The molecule has 4 aromatic carbocycles. The topological polar surface area (TPSA) is 69.2 Å². The van der Waals surface area contributed by atoms with Gasteiger partial charge in [0.25, 0.3) is 5.91 Å². The van der Waals surface area contributed by atoms with Crippen LogP contribution in [0, 0.1) is 6.92 Å². The number of oxime groups is 1. The van der Waals surface area contributed by atoms with E-state index in [2.05, 4.69) is 34.7 Å². The lowest BCUT2D eigenvalue weighted by molar-refractivity contribution is -0.120. The number of aryl methyl sites for hydroxylation is 1. The summed E-state index contributed by atoms with van der Waals surface area (Å²) in [6, 6.07) is 27.4. The molecule has 4 aromatic rings. The van der Waals surface area contributed by atoms with Gasteiger partial charge in [-0.2, -0.15) is 0 Å². The summed E-state index contributed by atoms with van der Waals surface area (Å²) in [5, 5.41) is 8.98. The summed E-state index contributed by atoms with van der Waals surface area (Å²) >= 11 is 0. The van der Waals surface area contributed by atoms with Crippen LogP contribution in [0.3, 0.4) is 0 Å². The van der Waals surface area contributed by atoms with Crippen molar-refractivity contribution in [3.63, 3.8) is 0 Å². The van der Waals surface area contributed by atoms with Gasteiger partial charge in [-0.05, 0) is 53.6 Å². The molecular weight excluding hydrogens is 428 g/mol. The molecule has 4 rings (SSSR count). The fourth-order valence-corrected chi connectivity index (χ4v) is 3.49. The Labute approximate surface area is 198 Å². The molecular formula is C28H26N2O4. The SMILES string of the molecule is COc1cc(/C=N/OCC(=O)Nc2ccc(C)cc2)ccc1OCc1cccc2ccccc12. The maximum Gasteiger partial charge on any atom is 0.265 e. The smallest absolute Gasteiger partial charge is 0.265 e. The van der Waals surface area contributed by atoms with Crippen LogP contribution in [-0.4, -0.2) is 25.8 Å². The molecule has 1 amide bonds. The van der Waals surface area contributed by atoms with Gasteiger partial charge < -0.3 is 19.6 Å². The average molecular weight is 455 g/mol. The first kappa shape index (κ1) is 22.9. The minimum absolute atomic E-state index is 0.187. The standard InChI is InChI=1S/C28H26N2O4/c1-20-10-13-24(14-11-20)30-28(31)19-34-29-17-21-12-15-26(27(16-21)32-2)33-18-23-8-5-7-22-6-3-4-9-25(22)23/h3-17H,18-19H2,1-2H3,(H,30,31)/b29-17+. The average Bonchev–Trinajstić information content (AvgIpc) is 2.87. The van der Waals surface area contributed by atoms with Crippen molar-refractivity contribution in [2.75, 3.05) is 19.0 Å². The minimum Gasteiger partial charge on any atom is -0.493 e. The lowest BCUT2D eigenvalue weighted by Gasteiger charge is -2.12. The molecule has 0 unspecified atom stereocenters. The van der Waals surface area contributed by atoms with E-state index < -0.39 is 0 Å². The predicted octanol–water partition coefficient (Wildman–Crippen LogP) is 5.73. The predicted molar refractivity (Wildman–Crippen MR) is 135 cm³/mol. The highest BCUT2D eigenvalue weighted by molar-refractivity contribution is 5.91. The molecule has 0 saturated carbocycles. The third kappa shape index (κ3) is 5.92. The number of methoxy groups -OCH3 is 1. The Balaban J connectivity index is 1.33. The number of rotatable bonds is 9. The van der Waals surface area contributed by atoms with E-state index in [0.29, 0.717) is 23.8 Å². The number of ether oxygens (including phenoxy) is 2. The zero-order valence-corrected chi connectivity index (χ0v) is 19.2. The van der Waals surface area contributed by atoms with Gasteiger partial charge >= 0.3 is 0 Å². The Morgan fingerprint density at radius 3 is 2.56 bits per heavy atom. The zero-order chi connectivity index (χ0) is 23.8. The first-order valence-corrected chi connectivity index (χ1v) is 10.9. The molecule has 0 spiro atoms. The Morgan fingerprint density at radius 1 is 0.941 bits per heavy atom. The zero-order valence-electron chi connectivity index (χ0n) is 19.2. The summed E-state index contributed by atoms with van der Waals surface area (Å²) in [5.41, 5.74) is 3.70. The third-order valence-corrected chi connectivity index (χ3v) is 5.26. The summed E-state index contributed by atoms with van der Waals surface area (Å²) in [5.74, 6) is 0.933. The number of carbonyl (C=O) groups excluding carboxylic acids is 1. The third-order valence-electron chi connectivity index (χ3n) is 5.26. The number of fused-ring (bicyclic) bond motifs is 1. The molecule has 0 atom stereocenters. The molecule has 0 radical (unpaired) electrons. The summed E-state index contributed by atoms with van der Waals surface area (Å²) in [4.78, 5) is 17.1. The van der Waals surface area contributed by atoms with Gasteiger partial charge in [0, 0.05) is 11.3 Å². The molecule has 0 saturated heterocycles. The van der Waals surface area contributed by atoms with E-state index in [1.165, 1.54) is 11.6 Å². The van der Waals surface area contributed by atoms with Gasteiger partial charge in [0.2, 0.25) is 0 Å². The van der Waals surface area contributed by atoms with Crippen LogP contribution < -0.4 is 14.8 Å². The summed E-state index contributed by atoms with van der Waals surface area (Å²) in [7, 11) is 1.59. The van der Waals surface area contributed by atoms with Crippen molar-refractivity contribution in [1.82, 2.24) is 0 Å². The highest BCUT2D eigenvalue weighted by Gasteiger charge is 2.08. The molecule has 0 aromatic heterocycles. The first-order valence-electron chi connectivity index (χ1n) is 10.9. The lowest BCUT2D eigenvalue weighted by Crippen LogP contribution is -2.16. The van der Waals surface area contributed by atoms with E-state index in [1.54, 1.807) is 13.2 Å². The number of carbonyl (C=O) groups is 1. The molecule has 1 N–H and O–H groups in total. The molecule has 0 heterocycles. The normalized spacial score (nSPS) is 10.9. The Hall–Kier alpha value is -4.32. The maximum absolute atomic E-state index is 12.0. The molecule has 34 heavy (non-hydrogen) atoms. The van der Waals surface area contributed by atoms with Crippen LogP contribution in [-0.2, 0) is 16.2 Å². The van der Waals surface area contributed by atoms with Gasteiger partial charge in [-0.25, -0.2) is 0 Å². The number of benzene rings is 4. The molecule has 0 aliphatic carbocycles. The highest BCUT2D eigenvalue weighted by atomic mass is 16.6. The number of hydrogen-bond acceptors (Lipinski definition) is 5. The van der Waals surface area contributed by atoms with Crippen LogP contribution in [0.4, 0.5) is 5.69 Å². The number of nitrogens with one attached hydrogen (secondary N) is 1. The number of hydrogen-bond donors (Lipinski definition) is 1. The minimum atomic E-state index is -0.282. The molecule has 0 bridgehead atoms. The van der Waals surface area contributed by atoms with Crippen LogP contribution in [0.15, 0.2) is 90.1 Å². The van der Waals surface area contributed by atoms with Crippen molar-refractivity contribution in [3.05, 3.63) is 102 Å². The van der Waals surface area contributed by atoms with E-state index in [9.17, 15) is 4.79 Å². The fraction of sp³-hybridized carbons (Fsp3) is 0.143. The lowest BCUT2D eigenvalue weighted by atomic mass is 10.1. The van der Waals surface area contributed by atoms with Crippen LogP contribution in [0.2, 0.25) is 0 Å². The molecule has 0 aliphatic heterocycles. The summed E-state index contributed by atoms with van der Waals surface area (Å²) in [6.45, 7) is 2.22. The van der Waals surface area contributed by atoms with E-state index in [4.69, 9.17) is 14.3 Å². The second kappa shape index (κ2) is 11.0. The number of anilines is 1. The molecule has 6 nitrogen and oxygen atoms in total. The van der Waals surface area contributed by atoms with Crippen molar-refractivity contribution in [2.45, 2.75) is 13.5 Å². The summed E-state index contributed by atoms with van der Waals surface area (Å²) in [6.07, 6.45) is 1.52. The Bertz CT molecular complexity index is 1290. The Kier molecular flexibility index (Phi) is 7.40. The van der Waals surface area contributed by atoms with Crippen LogP contribution >= 0.6 is 0 Å². The molecule has 172 valence electrons. The van der Waals surface area contributed by atoms with Gasteiger partial charge in [0.1, 0.15) is 6.61 Å². The summed E-state index contributed by atoms with van der Waals surface area (Å²) < 4.78 is 11.5. The van der Waals surface area contributed by atoms with Crippen molar-refractivity contribution in [3.8, 4) is 11.5 Å². The van der Waals surface area contributed by atoms with Crippen LogP contribution in [0.5, 0.6) is 11.5 Å². The second-order valence-electron chi connectivity index (χ2n) is 7.76. The van der Waals surface area contributed by atoms with Gasteiger partial charge in [-0.3, -0.25) is 4.79 Å². The van der Waals surface area contributed by atoms with Crippen molar-refractivity contribution >= 4 is 28.6 Å². The van der Waals surface area contributed by atoms with Crippen LogP contribution in [0.1, 0.15) is 16.7 Å².